The van der Waals surface area contributed by atoms with Crippen molar-refractivity contribution in [3.63, 3.8) is 0 Å². The van der Waals surface area contributed by atoms with Crippen LogP contribution in [0.2, 0.25) is 5.02 Å². The predicted molar refractivity (Wildman–Crippen MR) is 122 cm³/mol. The second-order valence-electron chi connectivity index (χ2n) is 8.16. The highest BCUT2D eigenvalue weighted by atomic mass is 35.5. The largest absolute Gasteiger partial charge is 0.495 e. The first-order valence-corrected chi connectivity index (χ1v) is 10.8. The molecule has 2 aliphatic heterocycles. The van der Waals surface area contributed by atoms with Gasteiger partial charge in [-0.3, -0.25) is 9.59 Å². The van der Waals surface area contributed by atoms with E-state index in [0.717, 1.165) is 5.56 Å². The molecular weight excluding hydrogens is 433 g/mol. The molecule has 2 atom stereocenters. The lowest BCUT2D eigenvalue weighted by Gasteiger charge is -2.22. The van der Waals surface area contributed by atoms with Crippen molar-refractivity contribution in [1.82, 2.24) is 9.80 Å². The number of amides is 2. The Labute approximate surface area is 191 Å². The maximum absolute atomic E-state index is 13.3. The molecule has 0 aromatic heterocycles. The number of ether oxygens (including phenoxy) is 1. The fraction of sp³-hybridized carbons (Fsp3) is 0.333. The number of anilines is 1. The molecule has 2 unspecified atom stereocenters. The Morgan fingerprint density at radius 1 is 1.16 bits per heavy atom. The molecular formula is C24H25ClFN3O3. The van der Waals surface area contributed by atoms with Crippen molar-refractivity contribution >= 4 is 29.1 Å². The molecule has 32 heavy (non-hydrogen) atoms. The number of methoxy groups -OCH3 is 1. The second-order valence-corrected chi connectivity index (χ2v) is 8.57. The Hall–Kier alpha value is -3.06. The highest BCUT2D eigenvalue weighted by Gasteiger charge is 2.42. The van der Waals surface area contributed by atoms with Gasteiger partial charge in [-0.05, 0) is 29.8 Å². The van der Waals surface area contributed by atoms with Gasteiger partial charge >= 0.3 is 0 Å². The predicted octanol–water partition coefficient (Wildman–Crippen LogP) is 3.67. The minimum absolute atomic E-state index is 0.0127. The van der Waals surface area contributed by atoms with Crippen LogP contribution in [0, 0.1) is 17.7 Å². The lowest BCUT2D eigenvalue weighted by molar-refractivity contribution is -0.128. The molecule has 2 aromatic carbocycles. The summed E-state index contributed by atoms with van der Waals surface area (Å²) in [5, 5.41) is 3.63. The van der Waals surface area contributed by atoms with E-state index in [-0.39, 0.29) is 24.2 Å². The zero-order valence-corrected chi connectivity index (χ0v) is 18.6. The highest BCUT2D eigenvalue weighted by Crippen LogP contribution is 2.37. The molecule has 0 aliphatic carbocycles. The van der Waals surface area contributed by atoms with Crippen LogP contribution in [0.3, 0.4) is 0 Å². The zero-order chi connectivity index (χ0) is 22.8. The topological polar surface area (TPSA) is 61.9 Å². The van der Waals surface area contributed by atoms with E-state index >= 15 is 0 Å². The number of nitrogens with one attached hydrogen (secondary N) is 1. The van der Waals surface area contributed by atoms with Crippen molar-refractivity contribution in [2.75, 3.05) is 45.2 Å². The summed E-state index contributed by atoms with van der Waals surface area (Å²) in [5.41, 5.74) is 2.11. The van der Waals surface area contributed by atoms with E-state index in [4.69, 9.17) is 16.3 Å². The maximum Gasteiger partial charge on any atom is 0.245 e. The van der Waals surface area contributed by atoms with Crippen molar-refractivity contribution in [3.05, 3.63) is 59.9 Å². The van der Waals surface area contributed by atoms with Crippen LogP contribution < -0.4 is 10.1 Å². The van der Waals surface area contributed by atoms with Gasteiger partial charge in [0.05, 0.1) is 24.4 Å². The lowest BCUT2D eigenvalue weighted by atomic mass is 10.0. The summed E-state index contributed by atoms with van der Waals surface area (Å²) in [4.78, 5) is 28.3. The fourth-order valence-electron chi connectivity index (χ4n) is 4.50. The van der Waals surface area contributed by atoms with Crippen molar-refractivity contribution < 1.29 is 18.7 Å². The molecule has 0 bridgehead atoms. The quantitative estimate of drug-likeness (QED) is 0.672. The minimum atomic E-state index is -0.324. The molecule has 6 nitrogen and oxygen atoms in total. The van der Waals surface area contributed by atoms with Gasteiger partial charge in [-0.25, -0.2) is 4.39 Å². The molecule has 0 radical (unpaired) electrons. The van der Waals surface area contributed by atoms with Crippen LogP contribution >= 0.6 is 11.6 Å². The molecule has 168 valence electrons. The molecule has 1 N–H and O–H groups in total. The molecule has 2 amide bonds. The molecule has 2 heterocycles. The average Bonchev–Trinajstić information content (AvgIpc) is 3.37. The molecule has 4 rings (SSSR count). The van der Waals surface area contributed by atoms with Gasteiger partial charge in [-0.1, -0.05) is 30.3 Å². The second kappa shape index (κ2) is 9.20. The van der Waals surface area contributed by atoms with E-state index in [1.807, 2.05) is 4.90 Å². The van der Waals surface area contributed by atoms with Crippen molar-refractivity contribution in [2.24, 2.45) is 11.8 Å². The van der Waals surface area contributed by atoms with Crippen LogP contribution in [0.1, 0.15) is 0 Å². The third-order valence-electron chi connectivity index (χ3n) is 6.20. The molecule has 0 spiro atoms. The summed E-state index contributed by atoms with van der Waals surface area (Å²) in [7, 11) is 1.54. The Kier molecular flexibility index (Phi) is 6.37. The van der Waals surface area contributed by atoms with E-state index in [2.05, 4.69) is 11.9 Å². The monoisotopic (exact) mass is 457 g/mol. The van der Waals surface area contributed by atoms with E-state index in [0.29, 0.717) is 60.0 Å². The van der Waals surface area contributed by atoms with E-state index in [9.17, 15) is 14.0 Å². The van der Waals surface area contributed by atoms with E-state index < -0.39 is 0 Å². The van der Waals surface area contributed by atoms with Gasteiger partial charge in [0.25, 0.3) is 0 Å². The summed E-state index contributed by atoms with van der Waals surface area (Å²) in [6.07, 6.45) is 1.34. The molecule has 8 heteroatoms. The summed E-state index contributed by atoms with van der Waals surface area (Å²) in [5.74, 6) is 0.739. The van der Waals surface area contributed by atoms with Gasteiger partial charge in [0.15, 0.2) is 0 Å². The number of nitrogens with zero attached hydrogens (tertiary/aromatic N) is 2. The highest BCUT2D eigenvalue weighted by molar-refractivity contribution is 6.33. The van der Waals surface area contributed by atoms with Gasteiger partial charge in [0.1, 0.15) is 11.6 Å². The standard InChI is InChI=1S/C24H25ClFN3O3/c1-3-23(30)28-11-16-13-29(14-17(16)12-28)24(31)10-27-21-8-19(20(25)9-22(21)32-2)15-4-6-18(26)7-5-15/h3-9,16-17,27H,1,10-14H2,2H3. The fourth-order valence-corrected chi connectivity index (χ4v) is 4.76. The SMILES string of the molecule is C=CC(=O)N1CC2CN(C(=O)CNc3cc(-c4ccc(F)cc4)c(Cl)cc3OC)CC2C1. The Bertz CT molecular complexity index is 1030. The number of carbonyl (C=O) groups excluding carboxylic acids is 2. The third kappa shape index (κ3) is 4.43. The van der Waals surface area contributed by atoms with Crippen LogP contribution in [-0.2, 0) is 9.59 Å². The zero-order valence-electron chi connectivity index (χ0n) is 17.8. The summed E-state index contributed by atoms with van der Waals surface area (Å²) in [6, 6.07) is 9.54. The number of hydrogen-bond donors (Lipinski definition) is 1. The average molecular weight is 458 g/mol. The first kappa shape index (κ1) is 22.1. The number of hydrogen-bond acceptors (Lipinski definition) is 4. The van der Waals surface area contributed by atoms with Gasteiger partial charge in [-0.2, -0.15) is 0 Å². The Morgan fingerprint density at radius 3 is 2.38 bits per heavy atom. The van der Waals surface area contributed by atoms with Gasteiger partial charge in [0, 0.05) is 49.6 Å². The van der Waals surface area contributed by atoms with Gasteiger partial charge in [0.2, 0.25) is 11.8 Å². The van der Waals surface area contributed by atoms with Crippen LogP contribution in [0.5, 0.6) is 5.75 Å². The number of carbonyl (C=O) groups is 2. The Balaban J connectivity index is 1.42. The Morgan fingerprint density at radius 2 is 1.78 bits per heavy atom. The lowest BCUT2D eigenvalue weighted by Crippen LogP contribution is -2.37. The first-order valence-electron chi connectivity index (χ1n) is 10.5. The van der Waals surface area contributed by atoms with Crippen LogP contribution in [0.4, 0.5) is 10.1 Å². The molecule has 2 aliphatic rings. The van der Waals surface area contributed by atoms with Crippen molar-refractivity contribution in [1.29, 1.82) is 0 Å². The van der Waals surface area contributed by atoms with Gasteiger partial charge < -0.3 is 19.9 Å². The van der Waals surface area contributed by atoms with Crippen LogP contribution in [0.25, 0.3) is 11.1 Å². The summed E-state index contributed by atoms with van der Waals surface area (Å²) < 4.78 is 18.7. The molecule has 2 aromatic rings. The smallest absolute Gasteiger partial charge is 0.245 e. The van der Waals surface area contributed by atoms with E-state index in [1.165, 1.54) is 25.3 Å². The van der Waals surface area contributed by atoms with Crippen LogP contribution in [-0.4, -0.2) is 61.4 Å². The molecule has 0 saturated carbocycles. The van der Waals surface area contributed by atoms with Crippen molar-refractivity contribution in [2.45, 2.75) is 0 Å². The van der Waals surface area contributed by atoms with Crippen LogP contribution in [0.15, 0.2) is 49.1 Å². The molecule has 2 saturated heterocycles. The third-order valence-corrected chi connectivity index (χ3v) is 6.51. The number of rotatable bonds is 6. The molecule has 2 fully saturated rings. The maximum atomic E-state index is 13.3. The summed E-state index contributed by atoms with van der Waals surface area (Å²) >= 11 is 6.41. The number of halogens is 2. The summed E-state index contributed by atoms with van der Waals surface area (Å²) in [6.45, 7) is 6.27. The van der Waals surface area contributed by atoms with Crippen molar-refractivity contribution in [3.8, 4) is 16.9 Å². The number of benzene rings is 2. The van der Waals surface area contributed by atoms with E-state index in [1.54, 1.807) is 29.2 Å². The minimum Gasteiger partial charge on any atom is -0.495 e. The normalized spacial score (nSPS) is 19.6. The first-order chi connectivity index (χ1) is 15.4. The number of fused-ring (bicyclic) bond motifs is 1. The number of likely N-dealkylation sites (tertiary alicyclic amines) is 2. The van der Waals surface area contributed by atoms with Gasteiger partial charge in [-0.15, -0.1) is 0 Å².